The summed E-state index contributed by atoms with van der Waals surface area (Å²) in [4.78, 5) is 11.1. The number of hydrogen-bond acceptors (Lipinski definition) is 4. The molecule has 0 saturated carbocycles. The van der Waals surface area contributed by atoms with Gasteiger partial charge in [-0.15, -0.1) is 10.2 Å². The van der Waals surface area contributed by atoms with E-state index in [1.54, 1.807) is 18.5 Å². The minimum Gasteiger partial charge on any atom is -0.478 e. The molecule has 2 aromatic rings. The van der Waals surface area contributed by atoms with Gasteiger partial charge in [-0.2, -0.15) is 0 Å². The summed E-state index contributed by atoms with van der Waals surface area (Å²) in [5.74, 6) is -0.163. The number of benzene rings is 1. The van der Waals surface area contributed by atoms with Crippen LogP contribution in [0.25, 0.3) is 0 Å². The molecule has 1 aromatic heterocycles. The van der Waals surface area contributed by atoms with E-state index < -0.39 is 5.97 Å². The van der Waals surface area contributed by atoms with Gasteiger partial charge in [0, 0.05) is 25.0 Å². The lowest BCUT2D eigenvalue weighted by Gasteiger charge is -2.09. The van der Waals surface area contributed by atoms with Crippen LogP contribution < -0.4 is 5.32 Å². The van der Waals surface area contributed by atoms with E-state index in [9.17, 15) is 4.79 Å². The van der Waals surface area contributed by atoms with Crippen LogP contribution >= 0.6 is 11.6 Å². The SMILES string of the molecule is Cn1cnnc1CCNc1cc(Cl)ccc1C(=O)O. The Bertz CT molecular complexity index is 597. The molecular formula is C12H13ClN4O2. The minimum absolute atomic E-state index is 0.197. The topological polar surface area (TPSA) is 80.0 Å². The van der Waals surface area contributed by atoms with Crippen molar-refractivity contribution >= 4 is 23.3 Å². The highest BCUT2D eigenvalue weighted by molar-refractivity contribution is 6.31. The average molecular weight is 281 g/mol. The van der Waals surface area contributed by atoms with Gasteiger partial charge in [-0.1, -0.05) is 11.6 Å². The van der Waals surface area contributed by atoms with Crippen LogP contribution in [0.1, 0.15) is 16.2 Å². The number of aryl methyl sites for hydroxylation is 1. The number of anilines is 1. The number of halogens is 1. The van der Waals surface area contributed by atoms with Crippen LogP contribution in [-0.4, -0.2) is 32.4 Å². The summed E-state index contributed by atoms with van der Waals surface area (Å²) in [7, 11) is 1.86. The van der Waals surface area contributed by atoms with Crippen molar-refractivity contribution in [3.8, 4) is 0 Å². The summed E-state index contributed by atoms with van der Waals surface area (Å²) < 4.78 is 1.82. The first-order valence-electron chi connectivity index (χ1n) is 5.67. The van der Waals surface area contributed by atoms with Gasteiger partial charge in [0.05, 0.1) is 11.3 Å². The number of hydrogen-bond donors (Lipinski definition) is 2. The Kier molecular flexibility index (Phi) is 4.01. The Balaban J connectivity index is 2.05. The molecule has 2 N–H and O–H groups in total. The molecule has 7 heteroatoms. The van der Waals surface area contributed by atoms with Crippen LogP contribution in [0.2, 0.25) is 5.02 Å². The predicted octanol–water partition coefficient (Wildman–Crippen LogP) is 1.82. The monoisotopic (exact) mass is 280 g/mol. The first-order valence-corrected chi connectivity index (χ1v) is 6.05. The summed E-state index contributed by atoms with van der Waals surface area (Å²) in [6, 6.07) is 4.63. The lowest BCUT2D eigenvalue weighted by Crippen LogP contribution is -2.11. The second-order valence-electron chi connectivity index (χ2n) is 4.03. The maximum Gasteiger partial charge on any atom is 0.337 e. The van der Waals surface area contributed by atoms with Gasteiger partial charge in [-0.05, 0) is 18.2 Å². The highest BCUT2D eigenvalue weighted by Gasteiger charge is 2.10. The predicted molar refractivity (Wildman–Crippen MR) is 71.6 cm³/mol. The Hall–Kier alpha value is -2.08. The molecule has 0 aliphatic rings. The number of aromatic carboxylic acids is 1. The Morgan fingerprint density at radius 1 is 1.53 bits per heavy atom. The van der Waals surface area contributed by atoms with Gasteiger partial charge in [0.25, 0.3) is 0 Å². The van der Waals surface area contributed by atoms with Gasteiger partial charge in [0.15, 0.2) is 0 Å². The maximum atomic E-state index is 11.1. The molecule has 0 aliphatic carbocycles. The van der Waals surface area contributed by atoms with Crippen LogP contribution in [0.3, 0.4) is 0 Å². The fourth-order valence-electron chi connectivity index (χ4n) is 1.69. The number of carbonyl (C=O) groups is 1. The van der Waals surface area contributed by atoms with Crippen LogP contribution in [0.4, 0.5) is 5.69 Å². The van der Waals surface area contributed by atoms with Gasteiger partial charge in [-0.25, -0.2) is 4.79 Å². The second-order valence-corrected chi connectivity index (χ2v) is 4.47. The average Bonchev–Trinajstić information content (AvgIpc) is 2.75. The molecule has 0 unspecified atom stereocenters. The Morgan fingerprint density at radius 3 is 2.95 bits per heavy atom. The molecule has 0 radical (unpaired) electrons. The lowest BCUT2D eigenvalue weighted by molar-refractivity contribution is 0.0698. The maximum absolute atomic E-state index is 11.1. The molecule has 0 amide bonds. The smallest absolute Gasteiger partial charge is 0.337 e. The highest BCUT2D eigenvalue weighted by atomic mass is 35.5. The van der Waals surface area contributed by atoms with E-state index >= 15 is 0 Å². The molecule has 0 spiro atoms. The zero-order valence-electron chi connectivity index (χ0n) is 10.3. The van der Waals surface area contributed by atoms with Crippen molar-refractivity contribution in [1.82, 2.24) is 14.8 Å². The van der Waals surface area contributed by atoms with Crippen LogP contribution in [0, 0.1) is 0 Å². The Morgan fingerprint density at radius 2 is 2.32 bits per heavy atom. The number of nitrogens with zero attached hydrogens (tertiary/aromatic N) is 3. The van der Waals surface area contributed by atoms with E-state index in [0.29, 0.717) is 23.7 Å². The van der Waals surface area contributed by atoms with E-state index in [4.69, 9.17) is 16.7 Å². The number of carboxylic acid groups (broad SMARTS) is 1. The molecule has 2 rings (SSSR count). The molecule has 1 heterocycles. The molecule has 0 saturated heterocycles. The van der Waals surface area contributed by atoms with Crippen molar-refractivity contribution in [2.24, 2.45) is 7.05 Å². The summed E-state index contributed by atoms with van der Waals surface area (Å²) in [6.07, 6.45) is 2.26. The Labute approximate surface area is 115 Å². The third-order valence-electron chi connectivity index (χ3n) is 2.68. The van der Waals surface area contributed by atoms with E-state index in [0.717, 1.165) is 5.82 Å². The van der Waals surface area contributed by atoms with Crippen molar-refractivity contribution in [3.05, 3.63) is 40.9 Å². The molecule has 100 valence electrons. The normalized spacial score (nSPS) is 10.4. The number of nitrogens with one attached hydrogen (secondary N) is 1. The van der Waals surface area contributed by atoms with Gasteiger partial charge >= 0.3 is 5.97 Å². The first-order chi connectivity index (χ1) is 9.08. The fourth-order valence-corrected chi connectivity index (χ4v) is 1.86. The van der Waals surface area contributed by atoms with Gasteiger partial charge < -0.3 is 15.0 Å². The standard InChI is InChI=1S/C12H13ClN4O2/c1-17-7-15-16-11(17)4-5-14-10-6-8(13)2-3-9(10)12(18)19/h2-3,6-7,14H,4-5H2,1H3,(H,18,19). The summed E-state index contributed by atoms with van der Waals surface area (Å²) in [6.45, 7) is 0.549. The fraction of sp³-hybridized carbons (Fsp3) is 0.250. The van der Waals surface area contributed by atoms with E-state index in [1.165, 1.54) is 6.07 Å². The number of carboxylic acids is 1. The van der Waals surface area contributed by atoms with Crippen LogP contribution in [0.15, 0.2) is 24.5 Å². The van der Waals surface area contributed by atoms with Crippen LogP contribution in [-0.2, 0) is 13.5 Å². The third-order valence-corrected chi connectivity index (χ3v) is 2.92. The van der Waals surface area contributed by atoms with E-state index in [2.05, 4.69) is 15.5 Å². The van der Waals surface area contributed by atoms with Gasteiger partial charge in [0.1, 0.15) is 12.2 Å². The molecule has 0 atom stereocenters. The van der Waals surface area contributed by atoms with E-state index in [1.807, 2.05) is 11.6 Å². The quantitative estimate of drug-likeness (QED) is 0.873. The zero-order valence-corrected chi connectivity index (χ0v) is 11.1. The van der Waals surface area contributed by atoms with Crippen molar-refractivity contribution in [1.29, 1.82) is 0 Å². The molecule has 19 heavy (non-hydrogen) atoms. The molecule has 1 aromatic carbocycles. The van der Waals surface area contributed by atoms with Crippen molar-refractivity contribution in [2.45, 2.75) is 6.42 Å². The van der Waals surface area contributed by atoms with Crippen LogP contribution in [0.5, 0.6) is 0 Å². The number of rotatable bonds is 5. The zero-order chi connectivity index (χ0) is 13.8. The molecule has 0 bridgehead atoms. The van der Waals surface area contributed by atoms with Crippen molar-refractivity contribution < 1.29 is 9.90 Å². The molecule has 0 fully saturated rings. The summed E-state index contributed by atoms with van der Waals surface area (Å²) in [5.41, 5.74) is 0.699. The molecule has 6 nitrogen and oxygen atoms in total. The van der Waals surface area contributed by atoms with Gasteiger partial charge in [0.2, 0.25) is 0 Å². The molecule has 0 aliphatic heterocycles. The van der Waals surface area contributed by atoms with Crippen molar-refractivity contribution in [2.75, 3.05) is 11.9 Å². The first kappa shape index (κ1) is 13.4. The largest absolute Gasteiger partial charge is 0.478 e. The molecular weight excluding hydrogens is 268 g/mol. The van der Waals surface area contributed by atoms with Gasteiger partial charge in [-0.3, -0.25) is 0 Å². The minimum atomic E-state index is -0.988. The summed E-state index contributed by atoms with van der Waals surface area (Å²) >= 11 is 5.87. The summed E-state index contributed by atoms with van der Waals surface area (Å²) in [5, 5.41) is 20.4. The third kappa shape index (κ3) is 3.23. The van der Waals surface area contributed by atoms with E-state index in [-0.39, 0.29) is 5.56 Å². The number of aromatic nitrogens is 3. The lowest BCUT2D eigenvalue weighted by atomic mass is 10.2. The van der Waals surface area contributed by atoms with Crippen molar-refractivity contribution in [3.63, 3.8) is 0 Å². The second kappa shape index (κ2) is 5.71. The highest BCUT2D eigenvalue weighted by Crippen LogP contribution is 2.21.